The van der Waals surface area contributed by atoms with Crippen molar-refractivity contribution >= 4 is 0 Å². The van der Waals surface area contributed by atoms with E-state index in [0.29, 0.717) is 0 Å². The molecule has 1 aromatic carbocycles. The minimum atomic E-state index is -0.447. The molecule has 1 heterocycles. The minimum absolute atomic E-state index is 0.0867. The molecule has 0 saturated heterocycles. The second kappa shape index (κ2) is 4.99. The van der Waals surface area contributed by atoms with E-state index in [9.17, 15) is 5.11 Å². The van der Waals surface area contributed by atoms with Crippen molar-refractivity contribution in [1.82, 2.24) is 4.90 Å². The molecule has 0 amide bonds. The quantitative estimate of drug-likeness (QED) is 0.837. The van der Waals surface area contributed by atoms with Gasteiger partial charge in [0.1, 0.15) is 0 Å². The van der Waals surface area contributed by atoms with Crippen molar-refractivity contribution in [2.45, 2.75) is 19.1 Å². The van der Waals surface area contributed by atoms with E-state index >= 15 is 0 Å². The zero-order chi connectivity index (χ0) is 11.4. The van der Waals surface area contributed by atoms with Crippen LogP contribution in [-0.4, -0.2) is 22.6 Å². The molecule has 2 nitrogen and oxygen atoms in total. The number of hydrogen-bond acceptors (Lipinski definition) is 2. The molecule has 0 aromatic heterocycles. The van der Waals surface area contributed by atoms with Gasteiger partial charge in [-0.1, -0.05) is 42.5 Å². The largest absolute Gasteiger partial charge is 0.386 e. The second-order valence-electron chi connectivity index (χ2n) is 4.06. The number of benzene rings is 1. The lowest BCUT2D eigenvalue weighted by Gasteiger charge is -2.31. The average Bonchev–Trinajstić information content (AvgIpc) is 2.39. The van der Waals surface area contributed by atoms with Crippen LogP contribution >= 0.6 is 0 Å². The zero-order valence-corrected chi connectivity index (χ0v) is 9.45. The molecular weight excluding hydrogens is 198 g/mol. The first-order valence-electron chi connectivity index (χ1n) is 5.61. The summed E-state index contributed by atoms with van der Waals surface area (Å²) in [5, 5.41) is 10.2. The van der Waals surface area contributed by atoms with Gasteiger partial charge in [-0.15, -0.1) is 0 Å². The van der Waals surface area contributed by atoms with Gasteiger partial charge in [0, 0.05) is 6.54 Å². The molecule has 2 unspecified atom stereocenters. The lowest BCUT2D eigenvalue weighted by atomic mass is 10.0. The maximum absolute atomic E-state index is 10.2. The first kappa shape index (κ1) is 11.0. The van der Waals surface area contributed by atoms with Crippen LogP contribution in [0.5, 0.6) is 0 Å². The van der Waals surface area contributed by atoms with Crippen molar-refractivity contribution < 1.29 is 5.11 Å². The van der Waals surface area contributed by atoms with Crippen molar-refractivity contribution in [2.75, 3.05) is 6.54 Å². The third kappa shape index (κ3) is 2.34. The Morgan fingerprint density at radius 3 is 2.56 bits per heavy atom. The summed E-state index contributed by atoms with van der Waals surface area (Å²) in [4.78, 5) is 2.14. The molecule has 0 saturated carbocycles. The Bertz CT molecular complexity index is 383. The number of hydrogen-bond donors (Lipinski definition) is 1. The van der Waals surface area contributed by atoms with Crippen molar-refractivity contribution in [2.24, 2.45) is 0 Å². The summed E-state index contributed by atoms with van der Waals surface area (Å²) in [5.74, 6) is 0. The number of nitrogens with zero attached hydrogens (tertiary/aromatic N) is 1. The lowest BCUT2D eigenvalue weighted by Crippen LogP contribution is -2.34. The van der Waals surface area contributed by atoms with Gasteiger partial charge in [0.05, 0.1) is 12.1 Å². The van der Waals surface area contributed by atoms with Gasteiger partial charge < -0.3 is 10.0 Å². The van der Waals surface area contributed by atoms with E-state index in [0.717, 1.165) is 12.1 Å². The molecule has 0 spiro atoms. The minimum Gasteiger partial charge on any atom is -0.386 e. The lowest BCUT2D eigenvalue weighted by molar-refractivity contribution is 0.0881. The van der Waals surface area contributed by atoms with E-state index in [-0.39, 0.29) is 6.04 Å². The molecule has 0 fully saturated rings. The molecule has 1 aliphatic rings. The van der Waals surface area contributed by atoms with Gasteiger partial charge >= 0.3 is 0 Å². The highest BCUT2D eigenvalue weighted by atomic mass is 16.3. The molecule has 84 valence electrons. The van der Waals surface area contributed by atoms with E-state index < -0.39 is 6.10 Å². The smallest absolute Gasteiger partial charge is 0.0990 e. The van der Waals surface area contributed by atoms with Crippen molar-refractivity contribution in [1.29, 1.82) is 0 Å². The highest BCUT2D eigenvalue weighted by Crippen LogP contribution is 2.21. The Balaban J connectivity index is 2.07. The molecule has 1 aliphatic heterocycles. The third-order valence-corrected chi connectivity index (χ3v) is 2.96. The van der Waals surface area contributed by atoms with Gasteiger partial charge in [-0.3, -0.25) is 0 Å². The van der Waals surface area contributed by atoms with Crippen molar-refractivity contribution in [3.8, 4) is 0 Å². The van der Waals surface area contributed by atoms with Crippen molar-refractivity contribution in [3.05, 3.63) is 60.3 Å². The Labute approximate surface area is 96.5 Å². The van der Waals surface area contributed by atoms with Crippen LogP contribution in [0.3, 0.4) is 0 Å². The van der Waals surface area contributed by atoms with Gasteiger partial charge in [0.25, 0.3) is 0 Å². The molecule has 16 heavy (non-hydrogen) atoms. The molecule has 2 atom stereocenters. The summed E-state index contributed by atoms with van der Waals surface area (Å²) in [5.41, 5.74) is 0.970. The molecular formula is C14H17NO. The van der Waals surface area contributed by atoms with E-state index in [2.05, 4.69) is 11.0 Å². The first-order valence-corrected chi connectivity index (χ1v) is 5.61. The van der Waals surface area contributed by atoms with E-state index in [1.165, 1.54) is 0 Å². The topological polar surface area (TPSA) is 23.5 Å². The molecule has 2 heteroatoms. The van der Waals surface area contributed by atoms with Crippen LogP contribution in [0, 0.1) is 0 Å². The van der Waals surface area contributed by atoms with Crippen molar-refractivity contribution in [3.63, 3.8) is 0 Å². The van der Waals surface area contributed by atoms with Crippen LogP contribution < -0.4 is 0 Å². The highest BCUT2D eigenvalue weighted by Gasteiger charge is 2.20. The fourth-order valence-corrected chi connectivity index (χ4v) is 1.89. The van der Waals surface area contributed by atoms with E-state index in [1.54, 1.807) is 0 Å². The first-order chi connectivity index (χ1) is 7.79. The summed E-state index contributed by atoms with van der Waals surface area (Å²) >= 11 is 0. The van der Waals surface area contributed by atoms with Crippen LogP contribution in [0.1, 0.15) is 18.6 Å². The monoisotopic (exact) mass is 215 g/mol. The molecule has 0 aliphatic carbocycles. The summed E-state index contributed by atoms with van der Waals surface area (Å²) < 4.78 is 0. The molecule has 1 aromatic rings. The van der Waals surface area contributed by atoms with Gasteiger partial charge in [0.15, 0.2) is 0 Å². The summed E-state index contributed by atoms with van der Waals surface area (Å²) in [6, 6.07) is 9.89. The molecule has 0 bridgehead atoms. The summed E-state index contributed by atoms with van der Waals surface area (Å²) in [7, 11) is 0. The molecule has 0 radical (unpaired) electrons. The Morgan fingerprint density at radius 1 is 1.19 bits per heavy atom. The molecule has 1 N–H and O–H groups in total. The normalized spacial score (nSPS) is 18.5. The predicted octanol–water partition coefficient (Wildman–Crippen LogP) is 2.49. The van der Waals surface area contributed by atoms with E-state index in [1.807, 2.05) is 55.6 Å². The van der Waals surface area contributed by atoms with Gasteiger partial charge in [0.2, 0.25) is 0 Å². The fraction of sp³-hybridized carbons (Fsp3) is 0.286. The predicted molar refractivity (Wildman–Crippen MR) is 65.8 cm³/mol. The number of allylic oxidation sites excluding steroid dienone is 2. The third-order valence-electron chi connectivity index (χ3n) is 2.96. The number of aliphatic hydroxyl groups excluding tert-OH is 1. The second-order valence-corrected chi connectivity index (χ2v) is 4.06. The average molecular weight is 215 g/mol. The van der Waals surface area contributed by atoms with Crippen LogP contribution in [0.2, 0.25) is 0 Å². The van der Waals surface area contributed by atoms with E-state index in [4.69, 9.17) is 0 Å². The van der Waals surface area contributed by atoms with Crippen LogP contribution in [-0.2, 0) is 0 Å². The summed E-state index contributed by atoms with van der Waals surface area (Å²) in [6.07, 6.45) is 7.69. The standard InChI is InChI=1S/C14H17NO/c1-12(15-10-6-3-7-11-15)14(16)13-8-4-2-5-9-13/h2-10,12,14,16H,11H2,1H3. The molecule has 2 rings (SSSR count). The van der Waals surface area contributed by atoms with Crippen LogP contribution in [0.4, 0.5) is 0 Å². The van der Waals surface area contributed by atoms with Crippen LogP contribution in [0.15, 0.2) is 54.8 Å². The van der Waals surface area contributed by atoms with Gasteiger partial charge in [-0.25, -0.2) is 0 Å². The number of rotatable bonds is 3. The Morgan fingerprint density at radius 2 is 1.94 bits per heavy atom. The number of aliphatic hydroxyl groups is 1. The maximum Gasteiger partial charge on any atom is 0.0990 e. The van der Waals surface area contributed by atoms with Crippen LogP contribution in [0.25, 0.3) is 0 Å². The Hall–Kier alpha value is -1.54. The fourth-order valence-electron chi connectivity index (χ4n) is 1.89. The SMILES string of the molecule is CC(C(O)c1ccccc1)N1C=CC=CC1. The summed E-state index contributed by atoms with van der Waals surface area (Å²) in [6.45, 7) is 2.91. The zero-order valence-electron chi connectivity index (χ0n) is 9.45. The van der Waals surface area contributed by atoms with Gasteiger partial charge in [-0.2, -0.15) is 0 Å². The maximum atomic E-state index is 10.2. The van der Waals surface area contributed by atoms with Gasteiger partial charge in [-0.05, 0) is 24.8 Å². The highest BCUT2D eigenvalue weighted by molar-refractivity contribution is 5.19. The Kier molecular flexibility index (Phi) is 3.42.